The maximum absolute atomic E-state index is 12.5. The highest BCUT2D eigenvalue weighted by Gasteiger charge is 2.40. The summed E-state index contributed by atoms with van der Waals surface area (Å²) in [4.78, 5) is 13.7. The number of rotatable bonds is 5. The van der Waals surface area contributed by atoms with Crippen molar-refractivity contribution in [1.29, 1.82) is 5.26 Å². The summed E-state index contributed by atoms with van der Waals surface area (Å²) < 4.78 is 0. The number of carbonyl (C=O) groups excluding carboxylic acids is 1. The first kappa shape index (κ1) is 20.5. The fourth-order valence-corrected chi connectivity index (χ4v) is 5.25. The minimum absolute atomic E-state index is 0.0721. The van der Waals surface area contributed by atoms with Crippen LogP contribution in [0.15, 0.2) is 30.3 Å². The van der Waals surface area contributed by atoms with Crippen molar-refractivity contribution in [3.63, 3.8) is 0 Å². The van der Waals surface area contributed by atoms with E-state index in [1.165, 1.54) is 11.3 Å². The molecule has 0 fully saturated rings. The third kappa shape index (κ3) is 4.27. The van der Waals surface area contributed by atoms with Gasteiger partial charge in [-0.15, -0.1) is 11.3 Å². The van der Waals surface area contributed by atoms with Gasteiger partial charge in [0, 0.05) is 22.0 Å². The molecule has 1 aromatic heterocycles. The summed E-state index contributed by atoms with van der Waals surface area (Å²) in [5.74, 6) is -0.136. The Kier molecular flexibility index (Phi) is 5.62. The van der Waals surface area contributed by atoms with Gasteiger partial charge in [0.05, 0.1) is 12.1 Å². The Hall–Kier alpha value is -2.20. The normalized spacial score (nSPS) is 18.0. The van der Waals surface area contributed by atoms with Gasteiger partial charge < -0.3 is 16.0 Å². The summed E-state index contributed by atoms with van der Waals surface area (Å²) in [6, 6.07) is 12.4. The predicted molar refractivity (Wildman–Crippen MR) is 114 cm³/mol. The van der Waals surface area contributed by atoms with Crippen LogP contribution in [0.2, 0.25) is 0 Å². The molecular weight excluding hydrogens is 368 g/mol. The number of amides is 1. The number of benzene rings is 1. The van der Waals surface area contributed by atoms with Crippen molar-refractivity contribution >= 4 is 22.2 Å². The second-order valence-corrected chi connectivity index (χ2v) is 9.62. The fraction of sp³-hybridized carbons (Fsp3) is 0.455. The van der Waals surface area contributed by atoms with Crippen LogP contribution in [-0.4, -0.2) is 18.0 Å². The molecule has 0 saturated heterocycles. The molecule has 0 spiro atoms. The van der Waals surface area contributed by atoms with E-state index >= 15 is 0 Å². The average Bonchev–Trinajstić information content (AvgIpc) is 2.96. The number of nitrogens with one attached hydrogen (secondary N) is 3. The monoisotopic (exact) mass is 396 g/mol. The van der Waals surface area contributed by atoms with E-state index in [4.69, 9.17) is 0 Å². The van der Waals surface area contributed by atoms with Crippen LogP contribution in [0, 0.1) is 11.3 Å². The van der Waals surface area contributed by atoms with Gasteiger partial charge in [-0.2, -0.15) is 5.26 Å². The van der Waals surface area contributed by atoms with Gasteiger partial charge >= 0.3 is 0 Å². The van der Waals surface area contributed by atoms with Crippen LogP contribution in [0.3, 0.4) is 0 Å². The van der Waals surface area contributed by atoms with Gasteiger partial charge in [-0.1, -0.05) is 30.3 Å². The van der Waals surface area contributed by atoms with Crippen LogP contribution < -0.4 is 16.0 Å². The van der Waals surface area contributed by atoms with E-state index in [0.717, 1.165) is 22.4 Å². The van der Waals surface area contributed by atoms with Crippen LogP contribution in [0.1, 0.15) is 62.2 Å². The van der Waals surface area contributed by atoms with Crippen molar-refractivity contribution in [2.75, 3.05) is 11.9 Å². The van der Waals surface area contributed by atoms with E-state index < -0.39 is 0 Å². The third-order valence-electron chi connectivity index (χ3n) is 5.08. The first-order valence-electron chi connectivity index (χ1n) is 9.57. The van der Waals surface area contributed by atoms with Crippen molar-refractivity contribution < 1.29 is 4.79 Å². The Morgan fingerprint density at radius 1 is 1.29 bits per heavy atom. The minimum Gasteiger partial charge on any atom is -0.315 e. The lowest BCUT2D eigenvalue weighted by molar-refractivity contribution is -0.115. The Balaban J connectivity index is 1.74. The molecule has 6 heteroatoms. The molecule has 2 aromatic rings. The Bertz CT molecular complexity index is 909. The standard InChI is InChI=1S/C22H28N4OS/c1-14(15-9-7-6-8-10-15)24-13-18(27)25-20-17(12-23)16-11-21(2,3)26-22(4,5)19(16)28-20/h6-10,14,24,26H,11,13H2,1-5H3,(H,25,27)/t14-/m1/s1. The summed E-state index contributed by atoms with van der Waals surface area (Å²) in [5, 5.41) is 20.2. The maximum atomic E-state index is 12.5. The number of hydrogen-bond donors (Lipinski definition) is 3. The van der Waals surface area contributed by atoms with Crippen LogP contribution >= 0.6 is 11.3 Å². The zero-order chi connectivity index (χ0) is 20.5. The summed E-state index contributed by atoms with van der Waals surface area (Å²) in [5.41, 5.74) is 2.46. The van der Waals surface area contributed by atoms with E-state index in [2.05, 4.69) is 49.7 Å². The molecule has 1 aliphatic heterocycles. The van der Waals surface area contributed by atoms with Gasteiger partial charge in [0.2, 0.25) is 5.91 Å². The molecule has 5 nitrogen and oxygen atoms in total. The topological polar surface area (TPSA) is 77.0 Å². The largest absolute Gasteiger partial charge is 0.315 e. The van der Waals surface area contributed by atoms with Gasteiger partial charge in [0.1, 0.15) is 11.1 Å². The highest BCUT2D eigenvalue weighted by Crippen LogP contribution is 2.44. The van der Waals surface area contributed by atoms with Gasteiger partial charge in [-0.3, -0.25) is 4.79 Å². The SMILES string of the molecule is C[C@@H](NCC(=O)Nc1sc2c(c1C#N)CC(C)(C)NC2(C)C)c1ccccc1. The molecule has 2 heterocycles. The number of hydrogen-bond acceptors (Lipinski definition) is 5. The van der Waals surface area contributed by atoms with Gasteiger partial charge in [-0.05, 0) is 52.2 Å². The van der Waals surface area contributed by atoms with E-state index in [1.807, 2.05) is 37.3 Å². The molecule has 3 N–H and O–H groups in total. The molecular formula is C22H28N4OS. The molecule has 1 amide bonds. The molecule has 0 radical (unpaired) electrons. The van der Waals surface area contributed by atoms with Crippen LogP contribution in [-0.2, 0) is 16.8 Å². The number of nitriles is 1. The molecule has 3 rings (SSSR count). The minimum atomic E-state index is -0.240. The Morgan fingerprint density at radius 2 is 1.96 bits per heavy atom. The van der Waals surface area contributed by atoms with Crippen molar-refractivity contribution in [3.05, 3.63) is 51.9 Å². The lowest BCUT2D eigenvalue weighted by atomic mass is 9.81. The lowest BCUT2D eigenvalue weighted by Crippen LogP contribution is -2.54. The summed E-state index contributed by atoms with van der Waals surface area (Å²) in [6.07, 6.45) is 0.768. The number of carbonyl (C=O) groups is 1. The van der Waals surface area contributed by atoms with Crippen molar-refractivity contribution in [3.8, 4) is 6.07 Å². The lowest BCUT2D eigenvalue weighted by Gasteiger charge is -2.42. The van der Waals surface area contributed by atoms with E-state index in [0.29, 0.717) is 10.6 Å². The first-order valence-corrected chi connectivity index (χ1v) is 10.4. The van der Waals surface area contributed by atoms with Crippen molar-refractivity contribution in [2.45, 2.75) is 58.2 Å². The number of anilines is 1. The van der Waals surface area contributed by atoms with Gasteiger partial charge in [-0.25, -0.2) is 0 Å². The predicted octanol–water partition coefficient (Wildman–Crippen LogP) is 4.07. The fourth-order valence-electron chi connectivity index (χ4n) is 4.01. The van der Waals surface area contributed by atoms with Crippen molar-refractivity contribution in [2.24, 2.45) is 0 Å². The number of fused-ring (bicyclic) bond motifs is 1. The molecule has 28 heavy (non-hydrogen) atoms. The molecule has 0 unspecified atom stereocenters. The Labute approximate surface area is 171 Å². The third-order valence-corrected chi connectivity index (χ3v) is 6.55. The first-order chi connectivity index (χ1) is 13.1. The van der Waals surface area contributed by atoms with Gasteiger partial charge in [0.15, 0.2) is 0 Å². The van der Waals surface area contributed by atoms with Crippen LogP contribution in [0.25, 0.3) is 0 Å². The van der Waals surface area contributed by atoms with Crippen molar-refractivity contribution in [1.82, 2.24) is 10.6 Å². The molecule has 1 aliphatic rings. The second-order valence-electron chi connectivity index (χ2n) is 8.60. The summed E-state index contributed by atoms with van der Waals surface area (Å²) in [6.45, 7) is 10.8. The Morgan fingerprint density at radius 3 is 2.61 bits per heavy atom. The summed E-state index contributed by atoms with van der Waals surface area (Å²) in [7, 11) is 0. The molecule has 0 saturated carbocycles. The molecule has 0 bridgehead atoms. The second kappa shape index (κ2) is 7.67. The van der Waals surface area contributed by atoms with Gasteiger partial charge in [0.25, 0.3) is 0 Å². The van der Waals surface area contributed by atoms with Crippen LogP contribution in [0.5, 0.6) is 0 Å². The molecule has 0 aliphatic carbocycles. The number of nitrogens with zero attached hydrogens (tertiary/aromatic N) is 1. The summed E-state index contributed by atoms with van der Waals surface area (Å²) >= 11 is 1.51. The van der Waals surface area contributed by atoms with E-state index in [1.54, 1.807) is 0 Å². The highest BCUT2D eigenvalue weighted by atomic mass is 32.1. The molecule has 1 aromatic carbocycles. The zero-order valence-corrected chi connectivity index (χ0v) is 18.0. The highest BCUT2D eigenvalue weighted by molar-refractivity contribution is 7.17. The maximum Gasteiger partial charge on any atom is 0.238 e. The zero-order valence-electron chi connectivity index (χ0n) is 17.1. The van der Waals surface area contributed by atoms with E-state index in [9.17, 15) is 10.1 Å². The van der Waals surface area contributed by atoms with E-state index in [-0.39, 0.29) is 29.6 Å². The molecule has 1 atom stereocenters. The quantitative estimate of drug-likeness (QED) is 0.712. The number of thiophene rings is 1. The smallest absolute Gasteiger partial charge is 0.238 e. The van der Waals surface area contributed by atoms with Crippen LogP contribution in [0.4, 0.5) is 5.00 Å². The molecule has 148 valence electrons. The average molecular weight is 397 g/mol.